The maximum atomic E-state index is 13.9. The van der Waals surface area contributed by atoms with Gasteiger partial charge in [-0.05, 0) is 30.7 Å². The Morgan fingerprint density at radius 3 is 2.71 bits per heavy atom. The fourth-order valence-electron chi connectivity index (χ4n) is 3.21. The van der Waals surface area contributed by atoms with Crippen molar-refractivity contribution >= 4 is 34.0 Å². The number of rotatable bonds is 4. The summed E-state index contributed by atoms with van der Waals surface area (Å²) in [5.74, 6) is -1.25. The fourth-order valence-corrected chi connectivity index (χ4v) is 3.98. The van der Waals surface area contributed by atoms with Gasteiger partial charge >= 0.3 is 0 Å². The Morgan fingerprint density at radius 1 is 1.18 bits per heavy atom. The van der Waals surface area contributed by atoms with Crippen LogP contribution in [-0.2, 0) is 9.59 Å². The topological polar surface area (TPSA) is 75.2 Å². The molecule has 0 saturated carbocycles. The summed E-state index contributed by atoms with van der Waals surface area (Å²) in [6, 6.07) is 13.8. The quantitative estimate of drug-likeness (QED) is 0.731. The van der Waals surface area contributed by atoms with Crippen molar-refractivity contribution in [3.63, 3.8) is 0 Å². The number of aryl methyl sites for hydroxylation is 1. The molecule has 2 aromatic carbocycles. The van der Waals surface area contributed by atoms with Crippen LogP contribution in [0.25, 0.3) is 10.6 Å². The van der Waals surface area contributed by atoms with Gasteiger partial charge in [-0.15, -0.1) is 10.2 Å². The van der Waals surface area contributed by atoms with E-state index in [1.165, 1.54) is 6.07 Å². The molecule has 1 N–H and O–H groups in total. The summed E-state index contributed by atoms with van der Waals surface area (Å²) in [4.78, 5) is 26.7. The Bertz CT molecular complexity index is 1050. The van der Waals surface area contributed by atoms with E-state index in [9.17, 15) is 14.0 Å². The molecule has 0 radical (unpaired) electrons. The standard InChI is InChI=1S/C20H17FN4O2S/c1-12-6-2-5-9-16(12)25-11-13(10-17(25)26)18(27)22-20-24-23-19(28-20)14-7-3-4-8-15(14)21/h2-9,13H,10-11H2,1H3,(H,22,24,27). The first-order valence-electron chi connectivity index (χ1n) is 8.78. The predicted octanol–water partition coefficient (Wildman–Crippen LogP) is 3.64. The maximum Gasteiger partial charge on any atom is 0.231 e. The number of carbonyl (C=O) groups excluding carboxylic acids is 2. The van der Waals surface area contributed by atoms with Crippen LogP contribution in [0.2, 0.25) is 0 Å². The molecule has 3 aromatic rings. The lowest BCUT2D eigenvalue weighted by atomic mass is 10.1. The van der Waals surface area contributed by atoms with Crippen molar-refractivity contribution in [2.45, 2.75) is 13.3 Å². The van der Waals surface area contributed by atoms with Gasteiger partial charge in [0.25, 0.3) is 0 Å². The molecule has 142 valence electrons. The zero-order chi connectivity index (χ0) is 19.7. The van der Waals surface area contributed by atoms with Crippen molar-refractivity contribution in [3.05, 3.63) is 59.9 Å². The summed E-state index contributed by atoms with van der Waals surface area (Å²) in [5.41, 5.74) is 2.14. The van der Waals surface area contributed by atoms with Crippen LogP contribution >= 0.6 is 11.3 Å². The number of halogens is 1. The number of hydrogen-bond acceptors (Lipinski definition) is 5. The molecule has 8 heteroatoms. The molecule has 1 aromatic heterocycles. The van der Waals surface area contributed by atoms with E-state index in [0.29, 0.717) is 17.1 Å². The molecule has 0 bridgehead atoms. The summed E-state index contributed by atoms with van der Waals surface area (Å²) in [6.07, 6.45) is 0.138. The Kier molecular flexibility index (Phi) is 4.87. The summed E-state index contributed by atoms with van der Waals surface area (Å²) >= 11 is 1.09. The molecule has 2 heterocycles. The van der Waals surface area contributed by atoms with E-state index < -0.39 is 11.7 Å². The van der Waals surface area contributed by atoms with Gasteiger partial charge in [0.2, 0.25) is 16.9 Å². The van der Waals surface area contributed by atoms with Crippen LogP contribution in [0.5, 0.6) is 0 Å². The lowest BCUT2D eigenvalue weighted by molar-refractivity contribution is -0.122. The van der Waals surface area contributed by atoms with Gasteiger partial charge < -0.3 is 10.2 Å². The zero-order valence-corrected chi connectivity index (χ0v) is 15.9. The first-order valence-corrected chi connectivity index (χ1v) is 9.60. The molecule has 0 aliphatic carbocycles. The third-order valence-electron chi connectivity index (χ3n) is 4.66. The molecule has 28 heavy (non-hydrogen) atoms. The van der Waals surface area contributed by atoms with Gasteiger partial charge in [0, 0.05) is 24.2 Å². The molecule has 1 aliphatic heterocycles. The number of hydrogen-bond donors (Lipinski definition) is 1. The largest absolute Gasteiger partial charge is 0.311 e. The van der Waals surface area contributed by atoms with Crippen LogP contribution in [-0.4, -0.2) is 28.6 Å². The maximum absolute atomic E-state index is 13.9. The first kappa shape index (κ1) is 18.2. The second kappa shape index (κ2) is 7.47. The zero-order valence-electron chi connectivity index (χ0n) is 15.1. The minimum absolute atomic E-state index is 0.0845. The van der Waals surface area contributed by atoms with Crippen molar-refractivity contribution in [1.29, 1.82) is 0 Å². The molecule has 2 amide bonds. The Labute approximate surface area is 165 Å². The normalized spacial score (nSPS) is 16.4. The highest BCUT2D eigenvalue weighted by Gasteiger charge is 2.36. The average molecular weight is 396 g/mol. The van der Waals surface area contributed by atoms with Gasteiger partial charge in [-0.1, -0.05) is 41.7 Å². The van der Waals surface area contributed by atoms with Gasteiger partial charge in [-0.2, -0.15) is 0 Å². The molecule has 4 rings (SSSR count). The van der Waals surface area contributed by atoms with E-state index in [1.807, 2.05) is 31.2 Å². The van der Waals surface area contributed by atoms with E-state index in [1.54, 1.807) is 23.1 Å². The minimum Gasteiger partial charge on any atom is -0.311 e. The molecular formula is C20H17FN4O2S. The smallest absolute Gasteiger partial charge is 0.231 e. The second-order valence-corrected chi connectivity index (χ2v) is 7.55. The van der Waals surface area contributed by atoms with Gasteiger partial charge in [0.15, 0.2) is 5.01 Å². The molecule has 1 saturated heterocycles. The van der Waals surface area contributed by atoms with Crippen molar-refractivity contribution in [2.24, 2.45) is 5.92 Å². The third kappa shape index (κ3) is 3.50. The van der Waals surface area contributed by atoms with Crippen LogP contribution in [0, 0.1) is 18.7 Å². The number of amides is 2. The molecule has 6 nitrogen and oxygen atoms in total. The van der Waals surface area contributed by atoms with Crippen molar-refractivity contribution in [2.75, 3.05) is 16.8 Å². The number of para-hydroxylation sites is 1. The first-order chi connectivity index (χ1) is 13.5. The van der Waals surface area contributed by atoms with Gasteiger partial charge in [-0.25, -0.2) is 4.39 Å². The fraction of sp³-hybridized carbons (Fsp3) is 0.200. The molecule has 0 spiro atoms. The lowest BCUT2D eigenvalue weighted by Gasteiger charge is -2.18. The Balaban J connectivity index is 1.46. The van der Waals surface area contributed by atoms with Crippen LogP contribution in [0.15, 0.2) is 48.5 Å². The molecule has 1 aliphatic rings. The van der Waals surface area contributed by atoms with Crippen LogP contribution in [0.1, 0.15) is 12.0 Å². The average Bonchev–Trinajstić information content (AvgIpc) is 3.29. The molecule has 1 fully saturated rings. The van der Waals surface area contributed by atoms with Crippen molar-refractivity contribution in [1.82, 2.24) is 10.2 Å². The third-order valence-corrected chi connectivity index (χ3v) is 5.53. The van der Waals surface area contributed by atoms with Crippen LogP contribution < -0.4 is 10.2 Å². The summed E-state index contributed by atoms with van der Waals surface area (Å²) < 4.78 is 13.9. The van der Waals surface area contributed by atoms with Crippen LogP contribution in [0.3, 0.4) is 0 Å². The van der Waals surface area contributed by atoms with E-state index in [0.717, 1.165) is 22.6 Å². The second-order valence-electron chi connectivity index (χ2n) is 6.57. The summed E-state index contributed by atoms with van der Waals surface area (Å²) in [5, 5.41) is 11.3. The van der Waals surface area contributed by atoms with Crippen LogP contribution in [0.4, 0.5) is 15.2 Å². The number of nitrogens with one attached hydrogen (secondary N) is 1. The molecular weight excluding hydrogens is 379 g/mol. The highest BCUT2D eigenvalue weighted by Crippen LogP contribution is 2.31. The molecule has 1 unspecified atom stereocenters. The highest BCUT2D eigenvalue weighted by atomic mass is 32.1. The van der Waals surface area contributed by atoms with E-state index in [4.69, 9.17) is 0 Å². The predicted molar refractivity (Wildman–Crippen MR) is 106 cm³/mol. The Hall–Kier alpha value is -3.13. The highest BCUT2D eigenvalue weighted by molar-refractivity contribution is 7.18. The minimum atomic E-state index is -0.479. The number of anilines is 2. The number of benzene rings is 2. The molecule has 1 atom stereocenters. The van der Waals surface area contributed by atoms with Gasteiger partial charge in [0.1, 0.15) is 5.82 Å². The number of carbonyl (C=O) groups is 2. The van der Waals surface area contributed by atoms with E-state index in [2.05, 4.69) is 15.5 Å². The number of aromatic nitrogens is 2. The van der Waals surface area contributed by atoms with Gasteiger partial charge in [-0.3, -0.25) is 9.59 Å². The van der Waals surface area contributed by atoms with Crippen molar-refractivity contribution < 1.29 is 14.0 Å². The summed E-state index contributed by atoms with van der Waals surface area (Å²) in [6.45, 7) is 2.25. The van der Waals surface area contributed by atoms with E-state index >= 15 is 0 Å². The SMILES string of the molecule is Cc1ccccc1N1CC(C(=O)Nc2nnc(-c3ccccc3F)s2)CC1=O. The Morgan fingerprint density at radius 2 is 1.93 bits per heavy atom. The number of nitrogens with zero attached hydrogens (tertiary/aromatic N) is 3. The summed E-state index contributed by atoms with van der Waals surface area (Å²) in [7, 11) is 0. The van der Waals surface area contributed by atoms with Gasteiger partial charge in [0.05, 0.1) is 5.92 Å². The lowest BCUT2D eigenvalue weighted by Crippen LogP contribution is -2.28. The van der Waals surface area contributed by atoms with Crippen molar-refractivity contribution in [3.8, 4) is 10.6 Å². The monoisotopic (exact) mass is 396 g/mol. The van der Waals surface area contributed by atoms with E-state index in [-0.39, 0.29) is 23.4 Å².